The van der Waals surface area contributed by atoms with Crippen LogP contribution in [0.5, 0.6) is 0 Å². The first-order valence-corrected chi connectivity index (χ1v) is 9.87. The number of carboxylic acid groups (broad SMARTS) is 1. The molecule has 8 nitrogen and oxygen atoms in total. The maximum absolute atomic E-state index is 15.1. The van der Waals surface area contributed by atoms with Gasteiger partial charge in [0.1, 0.15) is 12.0 Å². The summed E-state index contributed by atoms with van der Waals surface area (Å²) in [5.41, 5.74) is 6.94. The van der Waals surface area contributed by atoms with Crippen LogP contribution < -0.4 is 5.73 Å². The Hall–Kier alpha value is -1.97. The molecular weight excluding hydrogens is 367 g/mol. The second-order valence-electron chi connectivity index (χ2n) is 8.14. The van der Waals surface area contributed by atoms with Crippen LogP contribution in [0.25, 0.3) is 0 Å². The Kier molecular flexibility index (Phi) is 4.22. The van der Waals surface area contributed by atoms with E-state index in [1.54, 1.807) is 6.20 Å². The minimum Gasteiger partial charge on any atom is -0.478 e. The van der Waals surface area contributed by atoms with E-state index in [0.29, 0.717) is 38.7 Å². The van der Waals surface area contributed by atoms with E-state index in [1.807, 2.05) is 9.80 Å². The number of nitrogens with zero attached hydrogens (tertiary/aromatic N) is 3. The average Bonchev–Trinajstić information content (AvgIpc) is 3.32. The molecule has 1 saturated carbocycles. The Morgan fingerprint density at radius 2 is 2.14 bits per heavy atom. The number of rotatable bonds is 3. The number of halogens is 1. The van der Waals surface area contributed by atoms with E-state index < -0.39 is 17.9 Å². The van der Waals surface area contributed by atoms with Crippen LogP contribution in [0, 0.1) is 5.92 Å². The molecule has 0 radical (unpaired) electrons. The normalized spacial score (nSPS) is 34.2. The summed E-state index contributed by atoms with van der Waals surface area (Å²) in [6.45, 7) is 2.36. The maximum atomic E-state index is 15.1. The number of hydrogen-bond acceptors (Lipinski definition) is 7. The minimum absolute atomic E-state index is 0.0420. The molecule has 2 saturated heterocycles. The van der Waals surface area contributed by atoms with E-state index >= 15 is 4.39 Å². The van der Waals surface area contributed by atoms with Crippen molar-refractivity contribution in [1.29, 1.82) is 0 Å². The van der Waals surface area contributed by atoms with E-state index in [1.165, 1.54) is 6.08 Å². The quantitative estimate of drug-likeness (QED) is 0.673. The van der Waals surface area contributed by atoms with Crippen molar-refractivity contribution in [1.82, 2.24) is 9.80 Å². The lowest BCUT2D eigenvalue weighted by molar-refractivity contribution is -0.169. The van der Waals surface area contributed by atoms with Crippen LogP contribution in [0.4, 0.5) is 4.39 Å². The fraction of sp³-hybridized carbons (Fsp3) is 0.684. The van der Waals surface area contributed by atoms with Crippen LogP contribution >= 0.6 is 0 Å². The molecule has 5 aliphatic rings. The molecule has 28 heavy (non-hydrogen) atoms. The first-order valence-electron chi connectivity index (χ1n) is 9.87. The maximum Gasteiger partial charge on any atom is 0.333 e. The zero-order chi connectivity index (χ0) is 19.5. The highest BCUT2D eigenvalue weighted by molar-refractivity contribution is 5.91. The zero-order valence-corrected chi connectivity index (χ0v) is 15.6. The lowest BCUT2D eigenvalue weighted by Crippen LogP contribution is -2.46. The smallest absolute Gasteiger partial charge is 0.333 e. The molecule has 3 N–H and O–H groups in total. The first-order chi connectivity index (χ1) is 13.5. The summed E-state index contributed by atoms with van der Waals surface area (Å²) in [4.78, 5) is 20.1. The molecule has 3 unspecified atom stereocenters. The molecule has 3 fully saturated rings. The van der Waals surface area contributed by atoms with Crippen LogP contribution in [0.2, 0.25) is 0 Å². The minimum atomic E-state index is -1.38. The molecule has 3 atom stereocenters. The lowest BCUT2D eigenvalue weighted by Gasteiger charge is -2.38. The molecule has 4 aliphatic heterocycles. The Morgan fingerprint density at radius 1 is 1.39 bits per heavy atom. The van der Waals surface area contributed by atoms with E-state index in [2.05, 4.69) is 0 Å². The van der Waals surface area contributed by atoms with Gasteiger partial charge in [0.15, 0.2) is 12.0 Å². The third-order valence-electron chi connectivity index (χ3n) is 6.28. The van der Waals surface area contributed by atoms with Crippen LogP contribution in [0.15, 0.2) is 28.4 Å². The number of carboxylic acids is 1. The Morgan fingerprint density at radius 3 is 2.79 bits per heavy atom. The van der Waals surface area contributed by atoms with Gasteiger partial charge in [-0.05, 0) is 24.5 Å². The standard InChI is InChI=1S/C19H25FN4O4/c20-15-6-11-5-12(18(25)26)8-24(14-1-2-14)16(11)22-17(15)23-9-13(7-21)19(10-23)27-3-4-28-19/h6,8,13-16H,1-5,7,9-10,21H2,(H,25,26). The molecule has 0 aromatic carbocycles. The van der Waals surface area contributed by atoms with Crippen LogP contribution in [0.1, 0.15) is 19.3 Å². The molecule has 5 rings (SSSR count). The second-order valence-corrected chi connectivity index (χ2v) is 8.14. The number of aliphatic carboxylic acids is 1. The number of dihydropyridines is 1. The van der Waals surface area contributed by atoms with Crippen molar-refractivity contribution >= 4 is 11.8 Å². The van der Waals surface area contributed by atoms with Crippen LogP contribution in [-0.2, 0) is 14.3 Å². The van der Waals surface area contributed by atoms with Crippen molar-refractivity contribution in [2.45, 2.75) is 43.4 Å². The van der Waals surface area contributed by atoms with Gasteiger partial charge in [0.25, 0.3) is 0 Å². The molecule has 152 valence electrons. The average molecular weight is 392 g/mol. The molecule has 0 aromatic rings. The van der Waals surface area contributed by atoms with Crippen molar-refractivity contribution in [2.24, 2.45) is 16.6 Å². The monoisotopic (exact) mass is 392 g/mol. The van der Waals surface area contributed by atoms with Gasteiger partial charge in [0.2, 0.25) is 0 Å². The molecule has 1 aliphatic carbocycles. The van der Waals surface area contributed by atoms with Crippen LogP contribution in [0.3, 0.4) is 0 Å². The van der Waals surface area contributed by atoms with E-state index in [-0.39, 0.29) is 30.1 Å². The number of amidine groups is 1. The number of hydrogen-bond donors (Lipinski definition) is 2. The van der Waals surface area contributed by atoms with Gasteiger partial charge in [-0.25, -0.2) is 14.2 Å². The van der Waals surface area contributed by atoms with Gasteiger partial charge >= 0.3 is 5.97 Å². The van der Waals surface area contributed by atoms with Gasteiger partial charge < -0.3 is 30.1 Å². The Bertz CT molecular complexity index is 772. The summed E-state index contributed by atoms with van der Waals surface area (Å²) in [6.07, 6.45) is 3.74. The van der Waals surface area contributed by atoms with Crippen molar-refractivity contribution in [3.8, 4) is 0 Å². The molecule has 0 bridgehead atoms. The van der Waals surface area contributed by atoms with Gasteiger partial charge in [-0.1, -0.05) is 0 Å². The predicted octanol–water partition coefficient (Wildman–Crippen LogP) is 0.459. The van der Waals surface area contributed by atoms with Gasteiger partial charge in [-0.15, -0.1) is 0 Å². The number of carbonyl (C=O) groups is 1. The first kappa shape index (κ1) is 18.1. The molecule has 1 spiro atoms. The number of ether oxygens (including phenoxy) is 2. The summed E-state index contributed by atoms with van der Waals surface area (Å²) >= 11 is 0. The van der Waals surface area contributed by atoms with Crippen molar-refractivity contribution < 1.29 is 23.8 Å². The second kappa shape index (κ2) is 6.53. The topological polar surface area (TPSA) is 101 Å². The largest absolute Gasteiger partial charge is 0.478 e. The Labute approximate surface area is 162 Å². The number of alkyl halides is 1. The fourth-order valence-corrected chi connectivity index (χ4v) is 4.71. The number of aliphatic imine (C=N–C) groups is 1. The lowest BCUT2D eigenvalue weighted by atomic mass is 9.95. The summed E-state index contributed by atoms with van der Waals surface area (Å²) in [5.74, 6) is -1.42. The molecule has 0 aromatic heterocycles. The number of fused-ring (bicyclic) bond motifs is 1. The van der Waals surface area contributed by atoms with Gasteiger partial charge in [-0.2, -0.15) is 0 Å². The summed E-state index contributed by atoms with van der Waals surface area (Å²) in [6, 6.07) is 0.271. The van der Waals surface area contributed by atoms with Gasteiger partial charge in [0.05, 0.1) is 25.3 Å². The predicted molar refractivity (Wildman–Crippen MR) is 98.2 cm³/mol. The third kappa shape index (κ3) is 2.84. The molecule has 9 heteroatoms. The van der Waals surface area contributed by atoms with E-state index in [4.69, 9.17) is 20.2 Å². The highest BCUT2D eigenvalue weighted by Crippen LogP contribution is 2.41. The van der Waals surface area contributed by atoms with Crippen molar-refractivity contribution in [3.05, 3.63) is 23.4 Å². The van der Waals surface area contributed by atoms with Gasteiger partial charge in [-0.3, -0.25) is 0 Å². The van der Waals surface area contributed by atoms with Crippen molar-refractivity contribution in [3.63, 3.8) is 0 Å². The SMILES string of the molecule is NCC1CN(C2=NC3C(=CC2F)CC(C(=O)O)=CN3C2CC2)CC12OCCO2. The Balaban J connectivity index is 1.44. The fourth-order valence-electron chi connectivity index (χ4n) is 4.71. The van der Waals surface area contributed by atoms with Gasteiger partial charge in [0, 0.05) is 37.7 Å². The van der Waals surface area contributed by atoms with Crippen molar-refractivity contribution in [2.75, 3.05) is 32.8 Å². The van der Waals surface area contributed by atoms with E-state index in [0.717, 1.165) is 18.4 Å². The van der Waals surface area contributed by atoms with E-state index in [9.17, 15) is 9.90 Å². The number of likely N-dealkylation sites (tertiary alicyclic amines) is 1. The zero-order valence-electron chi connectivity index (χ0n) is 15.6. The van der Waals surface area contributed by atoms with Crippen LogP contribution in [-0.4, -0.2) is 83.7 Å². The molecule has 0 amide bonds. The summed E-state index contributed by atoms with van der Waals surface area (Å²) in [5, 5.41) is 9.41. The molecular formula is C19H25FN4O4. The summed E-state index contributed by atoms with van der Waals surface area (Å²) in [7, 11) is 0. The highest BCUT2D eigenvalue weighted by atomic mass is 19.1. The summed E-state index contributed by atoms with van der Waals surface area (Å²) < 4.78 is 26.8. The highest BCUT2D eigenvalue weighted by Gasteiger charge is 2.53. The number of nitrogens with two attached hydrogens (primary N) is 1. The molecule has 4 heterocycles. The third-order valence-corrected chi connectivity index (χ3v) is 6.28.